The maximum absolute atomic E-state index is 12.0. The monoisotopic (exact) mass is 404 g/mol. The van der Waals surface area contributed by atoms with Crippen LogP contribution in [0.2, 0.25) is 0 Å². The van der Waals surface area contributed by atoms with Gasteiger partial charge in [0, 0.05) is 11.6 Å². The molecule has 0 bridgehead atoms. The lowest BCUT2D eigenvalue weighted by Crippen LogP contribution is -2.14. The Hall–Kier alpha value is -2.32. The molecule has 0 saturated heterocycles. The predicted octanol–water partition coefficient (Wildman–Crippen LogP) is 3.19. The fourth-order valence-electron chi connectivity index (χ4n) is 2.59. The second-order valence-electron chi connectivity index (χ2n) is 5.35. The Labute approximate surface area is 153 Å². The van der Waals surface area contributed by atoms with Crippen LogP contribution < -0.4 is 0 Å². The van der Waals surface area contributed by atoms with Gasteiger partial charge in [-0.1, -0.05) is 28.1 Å². The van der Waals surface area contributed by atoms with Crippen molar-refractivity contribution in [2.45, 2.75) is 20.5 Å². The zero-order valence-corrected chi connectivity index (χ0v) is 15.7. The van der Waals surface area contributed by atoms with Gasteiger partial charge in [0.1, 0.15) is 0 Å². The smallest absolute Gasteiger partial charge is 0.360 e. The molecule has 0 aliphatic carbocycles. The molecule has 3 rings (SSSR count). The van der Waals surface area contributed by atoms with E-state index in [2.05, 4.69) is 31.2 Å². The number of hydrogen-bond acceptors (Lipinski definition) is 6. The number of rotatable bonds is 5. The van der Waals surface area contributed by atoms with Gasteiger partial charge >= 0.3 is 5.97 Å². The van der Waals surface area contributed by atoms with Crippen LogP contribution in [0.3, 0.4) is 0 Å². The molecule has 0 aliphatic rings. The first-order valence-corrected chi connectivity index (χ1v) is 8.53. The molecule has 0 spiro atoms. The number of esters is 1. The average molecular weight is 405 g/mol. The zero-order valence-electron chi connectivity index (χ0n) is 14.1. The van der Waals surface area contributed by atoms with Crippen molar-refractivity contribution in [1.82, 2.24) is 19.8 Å². The topological polar surface area (TPSA) is 78.6 Å². The van der Waals surface area contributed by atoms with E-state index in [9.17, 15) is 4.79 Å². The lowest BCUT2D eigenvalue weighted by Gasteiger charge is -2.06. The Balaban J connectivity index is 2.22. The van der Waals surface area contributed by atoms with E-state index < -0.39 is 5.97 Å². The summed E-state index contributed by atoms with van der Waals surface area (Å²) >= 11 is 3.43. The third-order valence-electron chi connectivity index (χ3n) is 3.72. The molecule has 25 heavy (non-hydrogen) atoms. The van der Waals surface area contributed by atoms with E-state index in [4.69, 9.17) is 9.47 Å². The summed E-state index contributed by atoms with van der Waals surface area (Å²) in [5.41, 5.74) is 3.80. The lowest BCUT2D eigenvalue weighted by molar-refractivity contribution is 0.0516. The first-order chi connectivity index (χ1) is 12.1. The first kappa shape index (κ1) is 17.5. The molecule has 0 fully saturated rings. The summed E-state index contributed by atoms with van der Waals surface area (Å²) in [5.74, 6) is -0.511. The van der Waals surface area contributed by atoms with Gasteiger partial charge in [-0.05, 0) is 31.5 Å². The van der Waals surface area contributed by atoms with Gasteiger partial charge in [-0.3, -0.25) is 0 Å². The van der Waals surface area contributed by atoms with Crippen LogP contribution in [-0.2, 0) is 16.1 Å². The number of methoxy groups -OCH3 is 1. The van der Waals surface area contributed by atoms with Crippen LogP contribution in [0, 0.1) is 6.92 Å². The summed E-state index contributed by atoms with van der Waals surface area (Å²) < 4.78 is 12.9. The fourth-order valence-corrected chi connectivity index (χ4v) is 2.85. The number of nitrogens with zero attached hydrogens (tertiary/aromatic N) is 4. The number of benzene rings is 1. The van der Waals surface area contributed by atoms with Crippen molar-refractivity contribution >= 4 is 27.5 Å². The molecule has 0 radical (unpaired) electrons. The molecule has 7 nitrogen and oxygen atoms in total. The molecule has 0 amide bonds. The Kier molecular flexibility index (Phi) is 5.10. The molecule has 130 valence electrons. The third-order valence-corrected chi connectivity index (χ3v) is 4.25. The fraction of sp³-hybridized carbons (Fsp3) is 0.294. The molecule has 0 N–H and O–H groups in total. The zero-order chi connectivity index (χ0) is 18.0. The van der Waals surface area contributed by atoms with Gasteiger partial charge in [-0.2, -0.15) is 5.10 Å². The van der Waals surface area contributed by atoms with Crippen LogP contribution in [0.15, 0.2) is 28.7 Å². The highest BCUT2D eigenvalue weighted by Gasteiger charge is 2.22. The number of hydrogen-bond donors (Lipinski definition) is 0. The van der Waals surface area contributed by atoms with Crippen molar-refractivity contribution in [3.05, 3.63) is 45.8 Å². The maximum atomic E-state index is 12.0. The molecule has 2 heterocycles. The van der Waals surface area contributed by atoms with E-state index in [1.165, 1.54) is 0 Å². The Morgan fingerprint density at radius 3 is 2.60 bits per heavy atom. The summed E-state index contributed by atoms with van der Waals surface area (Å²) in [6, 6.07) is 7.83. The predicted molar refractivity (Wildman–Crippen MR) is 95.3 cm³/mol. The van der Waals surface area contributed by atoms with Gasteiger partial charge in [-0.25, -0.2) is 9.31 Å². The van der Waals surface area contributed by atoms with Gasteiger partial charge in [0.15, 0.2) is 11.3 Å². The Bertz CT molecular complexity index is 922. The van der Waals surface area contributed by atoms with Gasteiger partial charge in [-0.15, -0.1) is 10.2 Å². The van der Waals surface area contributed by atoms with E-state index in [0.29, 0.717) is 17.9 Å². The van der Waals surface area contributed by atoms with Crippen LogP contribution in [0.1, 0.15) is 28.8 Å². The van der Waals surface area contributed by atoms with Gasteiger partial charge in [0.2, 0.25) is 0 Å². The molecule has 2 aromatic heterocycles. The molecule has 3 aromatic rings. The van der Waals surface area contributed by atoms with Gasteiger partial charge in [0.05, 0.1) is 30.2 Å². The molecule has 0 atom stereocenters. The number of carbonyl (C=O) groups is 1. The van der Waals surface area contributed by atoms with Crippen molar-refractivity contribution in [2.75, 3.05) is 13.7 Å². The lowest BCUT2D eigenvalue weighted by atomic mass is 10.1. The maximum Gasteiger partial charge on any atom is 0.360 e. The molecule has 0 saturated carbocycles. The summed E-state index contributed by atoms with van der Waals surface area (Å²) in [6.45, 7) is 4.11. The number of fused-ring (bicyclic) bond motifs is 1. The molecule has 8 heteroatoms. The minimum absolute atomic E-state index is 0.156. The number of halogens is 1. The summed E-state index contributed by atoms with van der Waals surface area (Å²) in [7, 11) is 1.61. The highest BCUT2D eigenvalue weighted by Crippen LogP contribution is 2.29. The largest absolute Gasteiger partial charge is 0.461 e. The highest BCUT2D eigenvalue weighted by molar-refractivity contribution is 9.10. The van der Waals surface area contributed by atoms with Gasteiger partial charge in [0.25, 0.3) is 0 Å². The second kappa shape index (κ2) is 7.28. The minimum atomic E-state index is -0.511. The molecule has 0 aliphatic heterocycles. The van der Waals surface area contributed by atoms with Crippen LogP contribution in [0.4, 0.5) is 0 Å². The number of aryl methyl sites for hydroxylation is 1. The molecule has 1 aromatic carbocycles. The van der Waals surface area contributed by atoms with E-state index in [1.54, 1.807) is 25.5 Å². The molecule has 0 unspecified atom stereocenters. The van der Waals surface area contributed by atoms with E-state index in [1.807, 2.05) is 24.3 Å². The number of ether oxygens (including phenoxy) is 2. The van der Waals surface area contributed by atoms with Gasteiger partial charge < -0.3 is 9.47 Å². The van der Waals surface area contributed by atoms with E-state index >= 15 is 0 Å². The second-order valence-corrected chi connectivity index (χ2v) is 6.27. The van der Waals surface area contributed by atoms with Crippen LogP contribution in [-0.4, -0.2) is 39.5 Å². The minimum Gasteiger partial charge on any atom is -0.461 e. The quantitative estimate of drug-likeness (QED) is 0.607. The summed E-state index contributed by atoms with van der Waals surface area (Å²) in [5, 5.41) is 12.9. The number of aromatic nitrogens is 4. The highest BCUT2D eigenvalue weighted by atomic mass is 79.9. The SMILES string of the molecule is CCOC(=O)c1nnc2c(-c3ccc(Br)cc3)c(COC)nn2c1C. The first-order valence-electron chi connectivity index (χ1n) is 7.73. The normalized spacial score (nSPS) is 11.0. The van der Waals surface area contributed by atoms with Crippen molar-refractivity contribution in [3.8, 4) is 11.1 Å². The van der Waals surface area contributed by atoms with Crippen molar-refractivity contribution < 1.29 is 14.3 Å². The van der Waals surface area contributed by atoms with Crippen LogP contribution in [0.25, 0.3) is 16.8 Å². The number of carbonyl (C=O) groups excluding carboxylic acids is 1. The Morgan fingerprint density at radius 1 is 1.24 bits per heavy atom. The Morgan fingerprint density at radius 2 is 1.96 bits per heavy atom. The average Bonchev–Trinajstić information content (AvgIpc) is 2.96. The van der Waals surface area contributed by atoms with Crippen LogP contribution >= 0.6 is 15.9 Å². The molecular weight excluding hydrogens is 388 g/mol. The van der Waals surface area contributed by atoms with Crippen molar-refractivity contribution in [1.29, 1.82) is 0 Å². The summed E-state index contributed by atoms with van der Waals surface area (Å²) in [6.07, 6.45) is 0. The van der Waals surface area contributed by atoms with E-state index in [0.717, 1.165) is 21.3 Å². The van der Waals surface area contributed by atoms with Crippen molar-refractivity contribution in [3.63, 3.8) is 0 Å². The van der Waals surface area contributed by atoms with Crippen molar-refractivity contribution in [2.24, 2.45) is 0 Å². The third kappa shape index (κ3) is 3.27. The molecular formula is C17H17BrN4O3. The van der Waals surface area contributed by atoms with Crippen LogP contribution in [0.5, 0.6) is 0 Å². The van der Waals surface area contributed by atoms with E-state index in [-0.39, 0.29) is 12.3 Å². The summed E-state index contributed by atoms with van der Waals surface area (Å²) in [4.78, 5) is 12.0. The standard InChI is InChI=1S/C17H17BrN4O3/c1-4-25-17(23)15-10(2)22-16(20-19-15)14(13(21-22)9-24-3)11-5-7-12(18)8-6-11/h5-8H,4,9H2,1-3H3.